The van der Waals surface area contributed by atoms with Crippen molar-refractivity contribution >= 4 is 22.9 Å². The number of carbonyl (C=O) groups excluding carboxylic acids is 1. The number of thiazole rings is 1. The SMILES string of the molecule is O=C(Nc1ccc(OC(F)(F)F)cc1)c1ccc(OCc2cscn2)cc1. The third-order valence-corrected chi connectivity index (χ3v) is 3.97. The zero-order chi connectivity index (χ0) is 19.3. The molecule has 0 aliphatic heterocycles. The lowest BCUT2D eigenvalue weighted by molar-refractivity contribution is -0.274. The largest absolute Gasteiger partial charge is 0.573 e. The number of aromatic nitrogens is 1. The van der Waals surface area contributed by atoms with E-state index in [9.17, 15) is 18.0 Å². The highest BCUT2D eigenvalue weighted by Gasteiger charge is 2.30. The number of hydrogen-bond acceptors (Lipinski definition) is 5. The maximum atomic E-state index is 12.2. The van der Waals surface area contributed by atoms with Gasteiger partial charge in [-0.3, -0.25) is 4.79 Å². The number of nitrogens with one attached hydrogen (secondary N) is 1. The number of nitrogens with zero attached hydrogens (tertiary/aromatic N) is 1. The summed E-state index contributed by atoms with van der Waals surface area (Å²) >= 11 is 1.48. The third-order valence-electron chi connectivity index (χ3n) is 3.33. The van der Waals surface area contributed by atoms with Gasteiger partial charge in [-0.05, 0) is 48.5 Å². The number of rotatable bonds is 6. The molecule has 0 saturated heterocycles. The number of amides is 1. The highest BCUT2D eigenvalue weighted by molar-refractivity contribution is 7.07. The number of hydrogen-bond donors (Lipinski definition) is 1. The summed E-state index contributed by atoms with van der Waals surface area (Å²) in [5.41, 5.74) is 3.26. The van der Waals surface area contributed by atoms with E-state index >= 15 is 0 Å². The summed E-state index contributed by atoms with van der Waals surface area (Å²) in [6.07, 6.45) is -4.76. The van der Waals surface area contributed by atoms with Gasteiger partial charge in [-0.2, -0.15) is 0 Å². The summed E-state index contributed by atoms with van der Waals surface area (Å²) in [5, 5.41) is 4.48. The van der Waals surface area contributed by atoms with Gasteiger partial charge in [0.15, 0.2) is 0 Å². The Morgan fingerprint density at radius 2 is 1.70 bits per heavy atom. The monoisotopic (exact) mass is 394 g/mol. The topological polar surface area (TPSA) is 60.5 Å². The summed E-state index contributed by atoms with van der Waals surface area (Å²) in [6.45, 7) is 0.335. The summed E-state index contributed by atoms with van der Waals surface area (Å²) in [5.74, 6) is -0.166. The molecule has 0 fully saturated rings. The van der Waals surface area contributed by atoms with Gasteiger partial charge in [0, 0.05) is 16.6 Å². The van der Waals surface area contributed by atoms with Crippen LogP contribution in [0.25, 0.3) is 0 Å². The Balaban J connectivity index is 1.56. The number of anilines is 1. The molecule has 0 bridgehead atoms. The lowest BCUT2D eigenvalue weighted by Gasteiger charge is -2.10. The summed E-state index contributed by atoms with van der Waals surface area (Å²) in [6, 6.07) is 11.4. The number of alkyl halides is 3. The van der Waals surface area contributed by atoms with Crippen molar-refractivity contribution in [1.29, 1.82) is 0 Å². The fraction of sp³-hybridized carbons (Fsp3) is 0.111. The number of halogens is 3. The highest BCUT2D eigenvalue weighted by Crippen LogP contribution is 2.24. The van der Waals surface area contributed by atoms with E-state index < -0.39 is 12.3 Å². The first kappa shape index (κ1) is 18.7. The van der Waals surface area contributed by atoms with E-state index in [1.807, 2.05) is 5.38 Å². The predicted octanol–water partition coefficient (Wildman–Crippen LogP) is 4.87. The molecule has 1 aromatic heterocycles. The van der Waals surface area contributed by atoms with Crippen LogP contribution in [-0.4, -0.2) is 17.3 Å². The summed E-state index contributed by atoms with van der Waals surface area (Å²) in [7, 11) is 0. The van der Waals surface area contributed by atoms with Gasteiger partial charge in [0.25, 0.3) is 5.91 Å². The lowest BCUT2D eigenvalue weighted by Crippen LogP contribution is -2.17. The third kappa shape index (κ3) is 5.71. The quantitative estimate of drug-likeness (QED) is 0.648. The number of carbonyl (C=O) groups is 1. The molecule has 1 amide bonds. The second-order valence-corrected chi connectivity index (χ2v) is 6.04. The molecule has 0 aliphatic carbocycles. The van der Waals surface area contributed by atoms with Crippen molar-refractivity contribution in [2.75, 3.05) is 5.32 Å². The molecule has 1 heterocycles. The van der Waals surface area contributed by atoms with Gasteiger partial charge >= 0.3 is 6.36 Å². The molecule has 3 aromatic rings. The fourth-order valence-corrected chi connectivity index (χ4v) is 2.65. The minimum atomic E-state index is -4.76. The smallest absolute Gasteiger partial charge is 0.487 e. The molecule has 0 atom stereocenters. The molecule has 0 saturated carbocycles. The number of ether oxygens (including phenoxy) is 2. The van der Waals surface area contributed by atoms with Crippen LogP contribution in [0.1, 0.15) is 16.1 Å². The van der Waals surface area contributed by atoms with Crippen LogP contribution in [0.15, 0.2) is 59.4 Å². The minimum Gasteiger partial charge on any atom is -0.487 e. The fourth-order valence-electron chi connectivity index (χ4n) is 2.11. The van der Waals surface area contributed by atoms with Gasteiger partial charge < -0.3 is 14.8 Å². The molecule has 0 radical (unpaired) electrons. The zero-order valence-corrected chi connectivity index (χ0v) is 14.5. The average Bonchev–Trinajstić information content (AvgIpc) is 3.14. The predicted molar refractivity (Wildman–Crippen MR) is 94.0 cm³/mol. The van der Waals surface area contributed by atoms with E-state index in [1.54, 1.807) is 29.8 Å². The van der Waals surface area contributed by atoms with E-state index in [4.69, 9.17) is 4.74 Å². The second kappa shape index (κ2) is 8.09. The van der Waals surface area contributed by atoms with Crippen molar-refractivity contribution in [3.63, 3.8) is 0 Å². The van der Waals surface area contributed by atoms with Crippen molar-refractivity contribution in [2.24, 2.45) is 0 Å². The normalized spacial score (nSPS) is 11.1. The molecule has 3 rings (SSSR count). The molecular weight excluding hydrogens is 381 g/mol. The first-order valence-electron chi connectivity index (χ1n) is 7.66. The Morgan fingerprint density at radius 3 is 2.30 bits per heavy atom. The molecule has 9 heteroatoms. The van der Waals surface area contributed by atoms with Crippen molar-refractivity contribution in [1.82, 2.24) is 4.98 Å². The van der Waals surface area contributed by atoms with Crippen LogP contribution in [0.2, 0.25) is 0 Å². The van der Waals surface area contributed by atoms with Crippen LogP contribution in [0.4, 0.5) is 18.9 Å². The van der Waals surface area contributed by atoms with Crippen LogP contribution >= 0.6 is 11.3 Å². The Bertz CT molecular complexity index is 880. The number of benzene rings is 2. The molecule has 2 aromatic carbocycles. The summed E-state index contributed by atoms with van der Waals surface area (Å²) in [4.78, 5) is 16.3. The van der Waals surface area contributed by atoms with Gasteiger partial charge in [-0.1, -0.05) is 0 Å². The van der Waals surface area contributed by atoms with Crippen LogP contribution in [0.3, 0.4) is 0 Å². The van der Waals surface area contributed by atoms with E-state index in [2.05, 4.69) is 15.0 Å². The zero-order valence-electron chi connectivity index (χ0n) is 13.7. The van der Waals surface area contributed by atoms with E-state index in [0.29, 0.717) is 23.6 Å². The van der Waals surface area contributed by atoms with Gasteiger partial charge in [-0.25, -0.2) is 4.98 Å². The van der Waals surface area contributed by atoms with Crippen molar-refractivity contribution in [2.45, 2.75) is 13.0 Å². The lowest BCUT2D eigenvalue weighted by atomic mass is 10.2. The molecular formula is C18H13F3N2O3S. The standard InChI is InChI=1S/C18H13F3N2O3S/c19-18(20,21)26-16-7-3-13(4-8-16)23-17(24)12-1-5-15(6-2-12)25-9-14-10-27-11-22-14/h1-8,10-11H,9H2,(H,23,24). The maximum Gasteiger partial charge on any atom is 0.573 e. The van der Waals surface area contributed by atoms with Gasteiger partial charge in [0.2, 0.25) is 0 Å². The molecule has 0 aliphatic rings. The van der Waals surface area contributed by atoms with Crippen molar-refractivity contribution in [3.05, 3.63) is 70.7 Å². The van der Waals surface area contributed by atoms with E-state index in [-0.39, 0.29) is 5.75 Å². The van der Waals surface area contributed by atoms with Gasteiger partial charge in [-0.15, -0.1) is 24.5 Å². The molecule has 140 valence electrons. The Labute approximate surface area is 156 Å². The van der Waals surface area contributed by atoms with E-state index in [1.165, 1.54) is 23.5 Å². The van der Waals surface area contributed by atoms with Crippen LogP contribution in [0.5, 0.6) is 11.5 Å². The van der Waals surface area contributed by atoms with Crippen LogP contribution in [-0.2, 0) is 6.61 Å². The average molecular weight is 394 g/mol. The molecule has 27 heavy (non-hydrogen) atoms. The molecule has 0 unspecified atom stereocenters. The first-order valence-corrected chi connectivity index (χ1v) is 8.60. The van der Waals surface area contributed by atoms with Crippen molar-refractivity contribution in [3.8, 4) is 11.5 Å². The van der Waals surface area contributed by atoms with Gasteiger partial charge in [0.1, 0.15) is 18.1 Å². The Hall–Kier alpha value is -3.07. The minimum absolute atomic E-state index is 0.335. The Kier molecular flexibility index (Phi) is 5.60. The molecule has 5 nitrogen and oxygen atoms in total. The summed E-state index contributed by atoms with van der Waals surface area (Å²) < 4.78 is 45.7. The molecule has 1 N–H and O–H groups in total. The Morgan fingerprint density at radius 1 is 1.04 bits per heavy atom. The maximum absolute atomic E-state index is 12.2. The van der Waals surface area contributed by atoms with Crippen LogP contribution in [0, 0.1) is 0 Å². The second-order valence-electron chi connectivity index (χ2n) is 5.32. The molecule has 0 spiro atoms. The van der Waals surface area contributed by atoms with Crippen LogP contribution < -0.4 is 14.8 Å². The van der Waals surface area contributed by atoms with E-state index in [0.717, 1.165) is 17.8 Å². The van der Waals surface area contributed by atoms with Gasteiger partial charge in [0.05, 0.1) is 11.2 Å². The first-order chi connectivity index (χ1) is 12.9. The van der Waals surface area contributed by atoms with Crippen molar-refractivity contribution < 1.29 is 27.4 Å². The highest BCUT2D eigenvalue weighted by atomic mass is 32.1.